The van der Waals surface area contributed by atoms with E-state index in [4.69, 9.17) is 0 Å². The second-order valence-electron chi connectivity index (χ2n) is 36.5. The first-order valence-corrected chi connectivity index (χ1v) is 41.6. The maximum atomic E-state index is 2.62. The third kappa shape index (κ3) is 12.5. The molecule has 0 unspecified atom stereocenters. The predicted molar refractivity (Wildman–Crippen MR) is 502 cm³/mol. The van der Waals surface area contributed by atoms with E-state index in [0.29, 0.717) is 0 Å². The van der Waals surface area contributed by atoms with Crippen molar-refractivity contribution in [1.29, 1.82) is 0 Å². The monoisotopic (exact) mass is 1510 g/mol. The van der Waals surface area contributed by atoms with E-state index in [1.54, 1.807) is 0 Å². The van der Waals surface area contributed by atoms with Gasteiger partial charge < -0.3 is 18.9 Å². The molecule has 18 aromatic rings. The number of hydrogen-bond donors (Lipinski definition) is 0. The van der Waals surface area contributed by atoms with E-state index in [0.717, 1.165) is 67.8 Å². The van der Waals surface area contributed by atoms with Gasteiger partial charge in [0.25, 0.3) is 6.71 Å². The molecule has 2 aliphatic rings. The van der Waals surface area contributed by atoms with Crippen LogP contribution in [0.3, 0.4) is 0 Å². The highest BCUT2D eigenvalue weighted by Gasteiger charge is 2.45. The maximum absolute atomic E-state index is 2.62. The predicted octanol–water partition coefficient (Wildman–Crippen LogP) is 28.8. The Bertz CT molecular complexity index is 6270. The van der Waals surface area contributed by atoms with Gasteiger partial charge in [0.05, 0.1) is 22.1 Å². The molecular weight excluding hydrogens is 1410 g/mol. The molecule has 0 bridgehead atoms. The number of rotatable bonds is 11. The van der Waals surface area contributed by atoms with Gasteiger partial charge in [0, 0.05) is 67.0 Å². The van der Waals surface area contributed by atoms with Crippen LogP contribution < -0.4 is 26.2 Å². The van der Waals surface area contributed by atoms with Gasteiger partial charge in [-0.3, -0.25) is 0 Å². The van der Waals surface area contributed by atoms with Gasteiger partial charge in [0.15, 0.2) is 0 Å². The zero-order valence-corrected chi connectivity index (χ0v) is 68.9. The second kappa shape index (κ2) is 27.8. The Hall–Kier alpha value is -13.2. The van der Waals surface area contributed by atoms with Crippen LogP contribution in [0.4, 0.5) is 34.1 Å². The summed E-state index contributed by atoms with van der Waals surface area (Å²) in [5, 5.41) is 5.04. The normalized spacial score (nSPS) is 12.9. The first-order valence-electron chi connectivity index (χ1n) is 41.6. The Labute approximate surface area is 689 Å². The van der Waals surface area contributed by atoms with Crippen LogP contribution >= 0.6 is 0 Å². The van der Waals surface area contributed by atoms with Crippen molar-refractivity contribution in [3.63, 3.8) is 0 Å². The van der Waals surface area contributed by atoms with Crippen molar-refractivity contribution in [1.82, 2.24) is 9.13 Å². The molecule has 0 amide bonds. The zero-order chi connectivity index (χ0) is 80.0. The molecule has 566 valence electrons. The molecule has 0 fully saturated rings. The Kier molecular flexibility index (Phi) is 17.3. The first-order chi connectivity index (χ1) is 56.6. The van der Waals surface area contributed by atoms with Crippen molar-refractivity contribution < 1.29 is 0 Å². The number of benzene rings is 16. The molecule has 0 saturated heterocycles. The smallest absolute Gasteiger partial charge is 0.252 e. The molecule has 0 saturated carbocycles. The maximum Gasteiger partial charge on any atom is 0.252 e. The highest BCUT2D eigenvalue weighted by molar-refractivity contribution is 7.00. The minimum absolute atomic E-state index is 0.0586. The average molecular weight is 1510 g/mol. The highest BCUT2D eigenvalue weighted by Crippen LogP contribution is 2.52. The molecule has 0 aliphatic carbocycles. The average Bonchev–Trinajstić information content (AvgIpc) is 1.23. The van der Waals surface area contributed by atoms with Gasteiger partial charge in [0.1, 0.15) is 0 Å². The quantitative estimate of drug-likeness (QED) is 0.120. The lowest BCUT2D eigenvalue weighted by molar-refractivity contribution is 0.590. The Balaban J connectivity index is 0.873. The fourth-order valence-corrected chi connectivity index (χ4v) is 18.8. The fourth-order valence-electron chi connectivity index (χ4n) is 18.8. The highest BCUT2D eigenvalue weighted by atomic mass is 15.2. The molecule has 16 aromatic carbocycles. The van der Waals surface area contributed by atoms with Gasteiger partial charge in [0.2, 0.25) is 0 Å². The molecule has 2 aliphatic heterocycles. The van der Waals surface area contributed by atoms with Crippen molar-refractivity contribution >= 4 is 101 Å². The number of aromatic nitrogens is 2. The van der Waals surface area contributed by atoms with Crippen LogP contribution in [0.15, 0.2) is 358 Å². The van der Waals surface area contributed by atoms with Crippen molar-refractivity contribution in [2.75, 3.05) is 9.80 Å². The zero-order valence-electron chi connectivity index (χ0n) is 68.9. The van der Waals surface area contributed by atoms with E-state index < -0.39 is 0 Å². The fraction of sp³-hybridized carbons (Fsp3) is 0.143. The van der Waals surface area contributed by atoms with Crippen LogP contribution in [0.1, 0.15) is 105 Å². The number of hydrogen-bond acceptors (Lipinski definition) is 2. The summed E-state index contributed by atoms with van der Waals surface area (Å²) in [6.45, 7) is 27.8. The molecular formula is C112H95BN4. The van der Waals surface area contributed by atoms with Gasteiger partial charge in [-0.05, 0) is 247 Å². The van der Waals surface area contributed by atoms with Gasteiger partial charge >= 0.3 is 0 Å². The van der Waals surface area contributed by atoms with Gasteiger partial charge in [-0.2, -0.15) is 0 Å². The summed E-state index contributed by atoms with van der Waals surface area (Å²) >= 11 is 0. The number of nitrogens with zero attached hydrogens (tertiary/aromatic N) is 4. The van der Waals surface area contributed by atoms with Gasteiger partial charge in [-0.25, -0.2) is 0 Å². The summed E-state index contributed by atoms with van der Waals surface area (Å²) in [5.74, 6) is 0. The second-order valence-corrected chi connectivity index (χ2v) is 36.5. The van der Waals surface area contributed by atoms with E-state index in [9.17, 15) is 0 Å². The molecule has 0 spiro atoms. The van der Waals surface area contributed by atoms with Crippen LogP contribution in [0.5, 0.6) is 0 Å². The van der Waals surface area contributed by atoms with Crippen molar-refractivity contribution in [2.24, 2.45) is 0 Å². The molecule has 0 radical (unpaired) electrons. The van der Waals surface area contributed by atoms with E-state index in [2.05, 4.69) is 460 Å². The molecule has 5 heteroatoms. The van der Waals surface area contributed by atoms with E-state index >= 15 is 0 Å². The van der Waals surface area contributed by atoms with Gasteiger partial charge in [-0.1, -0.05) is 332 Å². The minimum Gasteiger partial charge on any atom is -0.311 e. The topological polar surface area (TPSA) is 16.3 Å². The Morgan fingerprint density at radius 3 is 0.761 bits per heavy atom. The van der Waals surface area contributed by atoms with Crippen LogP contribution in [0, 0.1) is 0 Å². The lowest BCUT2D eigenvalue weighted by atomic mass is 9.33. The van der Waals surface area contributed by atoms with Crippen LogP contribution in [-0.4, -0.2) is 15.8 Å². The summed E-state index contributed by atoms with van der Waals surface area (Å²) in [6.07, 6.45) is 0. The van der Waals surface area contributed by atoms with Crippen molar-refractivity contribution in [2.45, 2.75) is 105 Å². The summed E-state index contributed by atoms with van der Waals surface area (Å²) < 4.78 is 5.10. The SMILES string of the molecule is CC(C)(C)c1ccc2c(c1)c1cc(C(C)(C)C)ccc1n2-c1ccc2c(c1)N(c1ccc(-c3c(-c4ccccc4)cccc3-c3ccccc3)cc1)c1cc(-c3ccccc3)cc3c1B2c1ccc(-n2c4ccc(C(C)(C)C)cc4c4cc(C(C)(C)C)ccc42)cc1N3c1ccc(-c2c(-c3ccccc3)cccc2-c2ccccc2)cc1. The third-order valence-electron chi connectivity index (χ3n) is 25.0. The molecule has 2 aromatic heterocycles. The first kappa shape index (κ1) is 72.7. The van der Waals surface area contributed by atoms with Crippen LogP contribution in [-0.2, 0) is 21.7 Å². The van der Waals surface area contributed by atoms with E-state index in [1.165, 1.54) is 138 Å². The summed E-state index contributed by atoms with van der Waals surface area (Å²) in [5.41, 5.74) is 38.7. The summed E-state index contributed by atoms with van der Waals surface area (Å²) in [4.78, 5) is 5.24. The largest absolute Gasteiger partial charge is 0.311 e. The molecule has 0 atom stereocenters. The molecule has 4 heterocycles. The molecule has 4 nitrogen and oxygen atoms in total. The summed E-state index contributed by atoms with van der Waals surface area (Å²) in [7, 11) is 0. The number of fused-ring (bicyclic) bond motifs is 10. The lowest BCUT2D eigenvalue weighted by Gasteiger charge is -2.44. The molecule has 20 rings (SSSR count). The third-order valence-corrected chi connectivity index (χ3v) is 25.0. The summed E-state index contributed by atoms with van der Waals surface area (Å²) in [6, 6.07) is 136. The molecule has 0 N–H and O–H groups in total. The van der Waals surface area contributed by atoms with Crippen molar-refractivity contribution in [3.05, 3.63) is 380 Å². The van der Waals surface area contributed by atoms with Gasteiger partial charge in [-0.15, -0.1) is 0 Å². The Morgan fingerprint density at radius 1 is 0.205 bits per heavy atom. The standard InChI is InChI=1S/C112H95BN4/c1-109(2,3)80-48-60-98-92(66-80)93-67-81(110(4,5)6)49-61-99(93)116(98)86-56-58-96-102(70-86)114(84-52-44-77(45-53-84)106-88(73-32-20-14-21-33-73)40-28-41-89(106)74-34-22-15-23-35-74)104-64-79(72-30-18-13-19-31-72)65-105-108(104)113(96)97-59-57-87(117-100-62-50-82(111(7,8)9)68-94(100)95-69-83(112(10,11)12)51-63-101(95)117)71-103(97)115(105)85-54-46-78(47-55-85)107-90(75-36-24-16-25-37-75)42-29-43-91(107)76-38-26-17-27-39-76/h13-71H,1-12H3. The number of anilines is 6. The Morgan fingerprint density at radius 2 is 0.479 bits per heavy atom. The van der Waals surface area contributed by atoms with Crippen LogP contribution in [0.2, 0.25) is 0 Å². The van der Waals surface area contributed by atoms with E-state index in [-0.39, 0.29) is 28.4 Å². The van der Waals surface area contributed by atoms with E-state index in [1.807, 2.05) is 0 Å². The lowest BCUT2D eigenvalue weighted by Crippen LogP contribution is -2.61. The molecule has 117 heavy (non-hydrogen) atoms. The van der Waals surface area contributed by atoms with Crippen LogP contribution in [0.25, 0.3) is 133 Å². The van der Waals surface area contributed by atoms with Crippen molar-refractivity contribution in [3.8, 4) is 89.3 Å². The minimum atomic E-state index is -0.222.